The molecule has 0 saturated carbocycles. The molecule has 0 aromatic rings. The van der Waals surface area contributed by atoms with Crippen molar-refractivity contribution in [2.24, 2.45) is 5.73 Å². The van der Waals surface area contributed by atoms with Crippen molar-refractivity contribution in [2.75, 3.05) is 19.8 Å². The maximum absolute atomic E-state index is 12.6. The van der Waals surface area contributed by atoms with Gasteiger partial charge in [0.2, 0.25) is 0 Å². The summed E-state index contributed by atoms with van der Waals surface area (Å²) in [6, 6.07) is -1.53. The molecule has 12 heteroatoms. The number of aliphatic carboxylic acids is 1. The van der Waals surface area contributed by atoms with Gasteiger partial charge in [-0.3, -0.25) is 23.4 Å². The molecule has 0 fully saturated rings. The molecular formula is C40H70NO10P. The molecule has 0 saturated heterocycles. The number of phosphoric acid groups is 1. The number of allylic oxidation sites excluding steroid dienone is 8. The monoisotopic (exact) mass is 755 g/mol. The number of phosphoric ester groups is 1. The lowest BCUT2D eigenvalue weighted by atomic mass is 10.1. The number of hydrogen-bond donors (Lipinski definition) is 3. The van der Waals surface area contributed by atoms with Gasteiger partial charge in [0.15, 0.2) is 6.10 Å². The van der Waals surface area contributed by atoms with Crippen molar-refractivity contribution >= 4 is 25.7 Å². The first-order valence-electron chi connectivity index (χ1n) is 19.7. The van der Waals surface area contributed by atoms with Crippen molar-refractivity contribution in [3.05, 3.63) is 48.6 Å². The molecule has 0 rings (SSSR count). The molecule has 1 unspecified atom stereocenters. The summed E-state index contributed by atoms with van der Waals surface area (Å²) in [5.41, 5.74) is 5.31. The van der Waals surface area contributed by atoms with Gasteiger partial charge in [0.25, 0.3) is 0 Å². The minimum absolute atomic E-state index is 0.132. The third-order valence-corrected chi connectivity index (χ3v) is 9.00. The molecule has 11 nitrogen and oxygen atoms in total. The minimum Gasteiger partial charge on any atom is -0.480 e. The maximum atomic E-state index is 12.6. The highest BCUT2D eigenvalue weighted by molar-refractivity contribution is 7.47. The topological polar surface area (TPSA) is 172 Å². The molecule has 0 aliphatic heterocycles. The Labute approximate surface area is 314 Å². The summed E-state index contributed by atoms with van der Waals surface area (Å²) in [6.07, 6.45) is 37.5. The van der Waals surface area contributed by atoms with Crippen LogP contribution in [0.4, 0.5) is 0 Å². The van der Waals surface area contributed by atoms with Crippen LogP contribution in [0.15, 0.2) is 48.6 Å². The number of unbranched alkanes of at least 4 members (excludes halogenated alkanes) is 14. The van der Waals surface area contributed by atoms with Gasteiger partial charge in [0, 0.05) is 12.8 Å². The van der Waals surface area contributed by atoms with Crippen LogP contribution in [0, 0.1) is 0 Å². The highest BCUT2D eigenvalue weighted by Crippen LogP contribution is 2.43. The molecule has 0 aliphatic carbocycles. The third kappa shape index (κ3) is 34.5. The van der Waals surface area contributed by atoms with Gasteiger partial charge < -0.3 is 25.2 Å². The average Bonchev–Trinajstić information content (AvgIpc) is 3.12. The quantitative estimate of drug-likeness (QED) is 0.0241. The molecule has 0 radical (unpaired) electrons. The van der Waals surface area contributed by atoms with Gasteiger partial charge in [-0.25, -0.2) is 4.57 Å². The number of carboxylic acid groups (broad SMARTS) is 1. The van der Waals surface area contributed by atoms with E-state index in [9.17, 15) is 23.8 Å². The second-order valence-electron chi connectivity index (χ2n) is 13.1. The number of nitrogens with two attached hydrogens (primary N) is 1. The van der Waals surface area contributed by atoms with E-state index in [-0.39, 0.29) is 19.4 Å². The van der Waals surface area contributed by atoms with Crippen molar-refractivity contribution in [3.8, 4) is 0 Å². The Morgan fingerprint density at radius 1 is 0.596 bits per heavy atom. The summed E-state index contributed by atoms with van der Waals surface area (Å²) in [5.74, 6) is -2.43. The van der Waals surface area contributed by atoms with E-state index in [0.29, 0.717) is 12.8 Å². The molecule has 0 aliphatic rings. The summed E-state index contributed by atoms with van der Waals surface area (Å²) in [5, 5.41) is 8.86. The van der Waals surface area contributed by atoms with E-state index in [0.717, 1.165) is 83.5 Å². The number of esters is 2. The summed E-state index contributed by atoms with van der Waals surface area (Å²) in [6.45, 7) is 2.68. The summed E-state index contributed by atoms with van der Waals surface area (Å²) in [7, 11) is -4.72. The second kappa shape index (κ2) is 35.5. The van der Waals surface area contributed by atoms with Crippen LogP contribution in [0.5, 0.6) is 0 Å². The first kappa shape index (κ1) is 49.4. The van der Waals surface area contributed by atoms with Gasteiger partial charge in [0.1, 0.15) is 12.6 Å². The van der Waals surface area contributed by atoms with Crippen molar-refractivity contribution in [1.82, 2.24) is 0 Å². The van der Waals surface area contributed by atoms with Crippen LogP contribution >= 0.6 is 7.82 Å². The lowest BCUT2D eigenvalue weighted by Crippen LogP contribution is -2.34. The lowest BCUT2D eigenvalue weighted by Gasteiger charge is -2.20. The van der Waals surface area contributed by atoms with E-state index in [4.69, 9.17) is 24.8 Å². The molecule has 3 atom stereocenters. The van der Waals surface area contributed by atoms with Crippen LogP contribution in [-0.4, -0.2) is 59.9 Å². The van der Waals surface area contributed by atoms with E-state index in [1.807, 2.05) is 0 Å². The molecule has 0 heterocycles. The predicted molar refractivity (Wildman–Crippen MR) is 208 cm³/mol. The number of rotatable bonds is 36. The molecule has 300 valence electrons. The zero-order valence-corrected chi connectivity index (χ0v) is 33.0. The van der Waals surface area contributed by atoms with E-state index >= 15 is 0 Å². The van der Waals surface area contributed by atoms with Crippen molar-refractivity contribution in [1.29, 1.82) is 0 Å². The van der Waals surface area contributed by atoms with E-state index in [1.54, 1.807) is 0 Å². The average molecular weight is 756 g/mol. The maximum Gasteiger partial charge on any atom is 0.472 e. The van der Waals surface area contributed by atoms with Gasteiger partial charge >= 0.3 is 25.7 Å². The zero-order chi connectivity index (χ0) is 38.5. The number of hydrogen-bond acceptors (Lipinski definition) is 9. The Bertz CT molecular complexity index is 1070. The van der Waals surface area contributed by atoms with Crippen molar-refractivity contribution in [2.45, 2.75) is 167 Å². The Balaban J connectivity index is 4.48. The molecule has 0 bridgehead atoms. The van der Waals surface area contributed by atoms with Gasteiger partial charge in [-0.05, 0) is 70.6 Å². The Kier molecular flexibility index (Phi) is 33.7. The van der Waals surface area contributed by atoms with Crippen LogP contribution in [0.25, 0.3) is 0 Å². The highest BCUT2D eigenvalue weighted by Gasteiger charge is 2.28. The fourth-order valence-electron chi connectivity index (χ4n) is 4.87. The number of ether oxygens (including phenoxy) is 2. The summed E-state index contributed by atoms with van der Waals surface area (Å²) in [4.78, 5) is 45.7. The van der Waals surface area contributed by atoms with Crippen LogP contribution in [0.2, 0.25) is 0 Å². The largest absolute Gasteiger partial charge is 0.480 e. The van der Waals surface area contributed by atoms with Gasteiger partial charge in [-0.15, -0.1) is 0 Å². The molecule has 52 heavy (non-hydrogen) atoms. The van der Waals surface area contributed by atoms with E-state index < -0.39 is 51.1 Å². The first-order chi connectivity index (χ1) is 25.1. The lowest BCUT2D eigenvalue weighted by molar-refractivity contribution is -0.161. The van der Waals surface area contributed by atoms with Crippen LogP contribution in [-0.2, 0) is 37.5 Å². The summed E-state index contributed by atoms with van der Waals surface area (Å²) >= 11 is 0. The Hall–Kier alpha value is -2.56. The fraction of sp³-hybridized carbons (Fsp3) is 0.725. The van der Waals surface area contributed by atoms with Crippen LogP contribution in [0.1, 0.15) is 155 Å². The molecule has 0 aromatic heterocycles. The zero-order valence-electron chi connectivity index (χ0n) is 32.1. The molecule has 4 N–H and O–H groups in total. The molecule has 0 spiro atoms. The second-order valence-corrected chi connectivity index (χ2v) is 14.5. The normalized spacial score (nSPS) is 14.4. The van der Waals surface area contributed by atoms with Gasteiger partial charge in [-0.2, -0.15) is 0 Å². The van der Waals surface area contributed by atoms with Crippen LogP contribution < -0.4 is 5.73 Å². The number of carbonyl (C=O) groups excluding carboxylic acids is 2. The molecule has 0 aromatic carbocycles. The SMILES string of the molecule is CCCC/C=C\CCCCCCCC(=O)OC[C@H](COP(=O)(O)OC[C@H](N)C(=O)O)OC(=O)CCCCCC/C=C\C/C=C\C/C=C\CCCCC. The predicted octanol–water partition coefficient (Wildman–Crippen LogP) is 9.83. The number of carboxylic acids is 1. The van der Waals surface area contributed by atoms with E-state index in [2.05, 4.69) is 67.0 Å². The smallest absolute Gasteiger partial charge is 0.472 e. The first-order valence-corrected chi connectivity index (χ1v) is 21.2. The standard InChI is InChI=1S/C40H70NO10P/c1-3-5-7-9-11-13-15-16-17-18-19-20-22-24-26-28-30-32-39(43)51-36(34-49-52(46,47)50-35-37(41)40(44)45)33-48-38(42)31-29-27-25-23-21-14-12-10-8-6-4-2/h10-13,16-17,19-20,36-37H,3-9,14-15,18,21-35,41H2,1-2H3,(H,44,45)(H,46,47)/b12-10-,13-11-,17-16-,20-19-/t36-,37+/m1/s1. The van der Waals surface area contributed by atoms with Crippen LogP contribution in [0.3, 0.4) is 0 Å². The number of carbonyl (C=O) groups is 3. The van der Waals surface area contributed by atoms with Crippen molar-refractivity contribution in [3.63, 3.8) is 0 Å². The third-order valence-electron chi connectivity index (χ3n) is 8.05. The van der Waals surface area contributed by atoms with Gasteiger partial charge in [-0.1, -0.05) is 120 Å². The summed E-state index contributed by atoms with van der Waals surface area (Å²) < 4.78 is 32.5. The fourth-order valence-corrected chi connectivity index (χ4v) is 5.65. The van der Waals surface area contributed by atoms with E-state index in [1.165, 1.54) is 32.1 Å². The Morgan fingerprint density at radius 3 is 1.60 bits per heavy atom. The molecular weight excluding hydrogens is 685 g/mol. The highest BCUT2D eigenvalue weighted by atomic mass is 31.2. The molecule has 0 amide bonds. The minimum atomic E-state index is -4.72. The Morgan fingerprint density at radius 2 is 1.04 bits per heavy atom. The van der Waals surface area contributed by atoms with Crippen molar-refractivity contribution < 1.29 is 47.5 Å². The van der Waals surface area contributed by atoms with Gasteiger partial charge in [0.05, 0.1) is 13.2 Å².